The molecule has 256 valence electrons. The second kappa shape index (κ2) is 18.0. The molecule has 0 radical (unpaired) electrons. The fourth-order valence-corrected chi connectivity index (χ4v) is 7.16. The zero-order chi connectivity index (χ0) is 33.7. The molecule has 6 nitrogen and oxygen atoms in total. The van der Waals surface area contributed by atoms with E-state index in [1.807, 2.05) is 0 Å². The van der Waals surface area contributed by atoms with Gasteiger partial charge in [0.25, 0.3) is 0 Å². The Kier molecular flexibility index (Phi) is 14.1. The monoisotopic (exact) mass is 662 g/mol. The zero-order valence-electron chi connectivity index (χ0n) is 29.5. The lowest BCUT2D eigenvalue weighted by Crippen LogP contribution is -2.28. The van der Waals surface area contributed by atoms with Crippen LogP contribution in [0.4, 0.5) is 11.4 Å². The predicted octanol–water partition coefficient (Wildman–Crippen LogP) is 8.44. The minimum Gasteiger partial charge on any atom is -0.379 e. The van der Waals surface area contributed by atoms with Crippen molar-refractivity contribution in [2.24, 2.45) is 0 Å². The molecule has 0 spiro atoms. The van der Waals surface area contributed by atoms with Crippen LogP contribution in [0.15, 0.2) is 72.5 Å². The predicted molar refractivity (Wildman–Crippen MR) is 197 cm³/mol. The van der Waals surface area contributed by atoms with E-state index in [0.29, 0.717) is 32.8 Å². The van der Waals surface area contributed by atoms with Gasteiger partial charge >= 0.3 is 0 Å². The third kappa shape index (κ3) is 9.58. The second-order valence-electron chi connectivity index (χ2n) is 13.8. The Labute approximate surface area is 288 Å². The number of allylic oxidation sites excluding steroid dienone is 4. The number of nitrogens with zero attached hydrogens (tertiary/aromatic N) is 2. The van der Waals surface area contributed by atoms with E-state index >= 15 is 0 Å². The lowest BCUT2D eigenvalue weighted by molar-refractivity contribution is -0.401. The van der Waals surface area contributed by atoms with Crippen molar-refractivity contribution < 1.29 is 18.8 Å². The maximum Gasteiger partial charge on any atom is 0.220 e. The van der Waals surface area contributed by atoms with Gasteiger partial charge in [-0.25, -0.2) is 0 Å². The van der Waals surface area contributed by atoms with Crippen LogP contribution < -0.4 is 10.2 Å². The molecule has 0 aromatic heterocycles. The van der Waals surface area contributed by atoms with E-state index in [2.05, 4.69) is 116 Å². The van der Waals surface area contributed by atoms with Gasteiger partial charge in [0.05, 0.1) is 25.2 Å². The quantitative estimate of drug-likeness (QED) is 0.0879. The largest absolute Gasteiger partial charge is 0.379 e. The van der Waals surface area contributed by atoms with Gasteiger partial charge in [-0.15, -0.1) is 11.6 Å². The molecular weight excluding hydrogens is 606 g/mol. The normalized spacial score (nSPS) is 17.1. The Balaban J connectivity index is 1.21. The number of rotatable bonds is 20. The van der Waals surface area contributed by atoms with Crippen molar-refractivity contribution in [3.05, 3.63) is 83.6 Å². The Bertz CT molecular complexity index is 1410. The van der Waals surface area contributed by atoms with Gasteiger partial charge in [0.15, 0.2) is 5.71 Å². The van der Waals surface area contributed by atoms with Gasteiger partial charge in [-0.1, -0.05) is 75.6 Å². The van der Waals surface area contributed by atoms with Crippen molar-refractivity contribution in [1.29, 1.82) is 0 Å². The first-order valence-electron chi connectivity index (χ1n) is 17.6. The van der Waals surface area contributed by atoms with E-state index in [-0.39, 0.29) is 16.7 Å². The van der Waals surface area contributed by atoms with Gasteiger partial charge < -0.3 is 19.7 Å². The van der Waals surface area contributed by atoms with Gasteiger partial charge in [-0.05, 0) is 57.2 Å². The number of carbonyl (C=O) groups excluding carboxylic acids is 1. The summed E-state index contributed by atoms with van der Waals surface area (Å²) in [4.78, 5) is 14.9. The van der Waals surface area contributed by atoms with E-state index in [9.17, 15) is 4.79 Å². The number of carbonyl (C=O) groups is 1. The second-order valence-corrected chi connectivity index (χ2v) is 14.2. The molecule has 0 unspecified atom stereocenters. The molecule has 0 bridgehead atoms. The van der Waals surface area contributed by atoms with Gasteiger partial charge in [0.2, 0.25) is 11.6 Å². The van der Waals surface area contributed by atoms with Crippen LogP contribution in [0.5, 0.6) is 0 Å². The lowest BCUT2D eigenvalue weighted by Gasteiger charge is -2.27. The van der Waals surface area contributed by atoms with Crippen molar-refractivity contribution in [3.8, 4) is 0 Å². The fourth-order valence-electron chi connectivity index (χ4n) is 6.97. The third-order valence-electron chi connectivity index (χ3n) is 9.65. The van der Waals surface area contributed by atoms with Crippen LogP contribution in [0.25, 0.3) is 0 Å². The number of halogens is 1. The van der Waals surface area contributed by atoms with E-state index in [0.717, 1.165) is 64.0 Å². The SMILES string of the molecule is C[N+]1=C(/C=C/C=C2/N(CCCCCC(=O)NCCOCCOCCCCCCCl)c3ccccc3C2(C)C)C(C)(C)c2ccccc21. The minimum atomic E-state index is -0.0933. The number of alkyl halides is 1. The number of anilines is 1. The summed E-state index contributed by atoms with van der Waals surface area (Å²) >= 11 is 5.70. The average Bonchev–Trinajstić information content (AvgIpc) is 3.39. The summed E-state index contributed by atoms with van der Waals surface area (Å²) in [7, 11) is 2.17. The molecule has 0 atom stereocenters. The summed E-state index contributed by atoms with van der Waals surface area (Å²) in [5, 5.41) is 2.99. The summed E-state index contributed by atoms with van der Waals surface area (Å²) in [6.45, 7) is 13.2. The Morgan fingerprint density at radius 2 is 1.51 bits per heavy atom. The van der Waals surface area contributed by atoms with Crippen molar-refractivity contribution >= 4 is 34.6 Å². The molecule has 2 aromatic carbocycles. The van der Waals surface area contributed by atoms with Gasteiger partial charge in [-0.2, -0.15) is 4.58 Å². The van der Waals surface area contributed by atoms with Crippen LogP contribution in [-0.2, 0) is 25.1 Å². The summed E-state index contributed by atoms with van der Waals surface area (Å²) < 4.78 is 13.5. The van der Waals surface area contributed by atoms with Crippen molar-refractivity contribution in [1.82, 2.24) is 5.32 Å². The van der Waals surface area contributed by atoms with Crippen LogP contribution in [0.2, 0.25) is 0 Å². The van der Waals surface area contributed by atoms with E-state index in [1.165, 1.54) is 33.9 Å². The van der Waals surface area contributed by atoms with E-state index < -0.39 is 0 Å². The first-order chi connectivity index (χ1) is 22.7. The Morgan fingerprint density at radius 1 is 0.830 bits per heavy atom. The Hall–Kier alpha value is -2.93. The van der Waals surface area contributed by atoms with Gasteiger partial charge in [0.1, 0.15) is 7.05 Å². The number of hydrogen-bond acceptors (Lipinski definition) is 4. The molecule has 47 heavy (non-hydrogen) atoms. The maximum atomic E-state index is 12.4. The van der Waals surface area contributed by atoms with Gasteiger partial charge in [0, 0.05) is 66.5 Å². The molecule has 1 N–H and O–H groups in total. The molecule has 2 aliphatic rings. The molecule has 7 heteroatoms. The number of para-hydroxylation sites is 2. The van der Waals surface area contributed by atoms with Crippen molar-refractivity contribution in [2.45, 2.75) is 89.9 Å². The van der Waals surface area contributed by atoms with Crippen molar-refractivity contribution in [3.63, 3.8) is 0 Å². The molecule has 4 rings (SSSR count). The molecule has 1 amide bonds. The first kappa shape index (κ1) is 36.9. The zero-order valence-corrected chi connectivity index (χ0v) is 30.2. The molecule has 0 saturated carbocycles. The van der Waals surface area contributed by atoms with E-state index in [1.54, 1.807) is 0 Å². The maximum absolute atomic E-state index is 12.4. The minimum absolute atomic E-state index is 0.0491. The smallest absolute Gasteiger partial charge is 0.220 e. The van der Waals surface area contributed by atoms with Crippen molar-refractivity contribution in [2.75, 3.05) is 57.3 Å². The molecule has 0 aliphatic carbocycles. The molecule has 2 heterocycles. The number of ether oxygens (including phenoxy) is 2. The summed E-state index contributed by atoms with van der Waals surface area (Å²) in [6, 6.07) is 17.5. The van der Waals surface area contributed by atoms with Gasteiger partial charge in [-0.3, -0.25) is 4.79 Å². The third-order valence-corrected chi connectivity index (χ3v) is 9.91. The number of benzene rings is 2. The van der Waals surface area contributed by atoms with Crippen LogP contribution >= 0.6 is 11.6 Å². The number of amides is 1. The standard InChI is InChI=1S/C40H56ClN3O3/c1-39(2)32-18-10-12-20-34(32)43(5)36(39)22-17-23-37-40(3,4)33-19-11-13-21-35(33)44(37)27-15-8-9-24-38(45)42-26-29-47-31-30-46-28-16-7-6-14-25-41/h10-13,17-23H,6-9,14-16,24-31H2,1-5H3/p+1. The van der Waals surface area contributed by atoms with Crippen LogP contribution in [-0.4, -0.2) is 68.6 Å². The number of fused-ring (bicyclic) bond motifs is 2. The highest BCUT2D eigenvalue weighted by molar-refractivity contribution is 6.17. The molecule has 0 saturated heterocycles. The van der Waals surface area contributed by atoms with E-state index in [4.69, 9.17) is 21.1 Å². The number of nitrogens with one attached hydrogen (secondary N) is 1. The highest BCUT2D eigenvalue weighted by atomic mass is 35.5. The first-order valence-corrected chi connectivity index (χ1v) is 18.2. The number of hydrogen-bond donors (Lipinski definition) is 1. The highest BCUT2D eigenvalue weighted by Gasteiger charge is 2.43. The van der Waals surface area contributed by atoms with Crippen LogP contribution in [0.3, 0.4) is 0 Å². The summed E-state index contributed by atoms with van der Waals surface area (Å²) in [5.74, 6) is 0.836. The lowest BCUT2D eigenvalue weighted by atomic mass is 9.81. The highest BCUT2D eigenvalue weighted by Crippen LogP contribution is 2.47. The Morgan fingerprint density at radius 3 is 2.28 bits per heavy atom. The molecule has 2 aliphatic heterocycles. The topological polar surface area (TPSA) is 53.8 Å². The van der Waals surface area contributed by atoms with Crippen LogP contribution in [0, 0.1) is 0 Å². The molecule has 2 aromatic rings. The molecular formula is C40H57ClN3O3+. The average molecular weight is 663 g/mol. The summed E-state index contributed by atoms with van der Waals surface area (Å²) in [6.07, 6.45) is 14.8. The molecule has 0 fully saturated rings. The summed E-state index contributed by atoms with van der Waals surface area (Å²) in [5.41, 5.74) is 7.78. The fraction of sp³-hybridized carbons (Fsp3) is 0.550. The number of unbranched alkanes of at least 4 members (excludes halogenated alkanes) is 5. The van der Waals surface area contributed by atoms with Crippen LogP contribution in [0.1, 0.15) is 90.2 Å².